The minimum atomic E-state index is -0.447. The second kappa shape index (κ2) is 10.9. The van der Waals surface area contributed by atoms with Gasteiger partial charge in [0.05, 0.1) is 17.6 Å². The highest BCUT2D eigenvalue weighted by atomic mass is 16.5. The van der Waals surface area contributed by atoms with E-state index in [4.69, 9.17) is 15.7 Å². The summed E-state index contributed by atoms with van der Waals surface area (Å²) in [6.45, 7) is 0.226. The highest BCUT2D eigenvalue weighted by molar-refractivity contribution is 5.99. The first-order valence-electron chi connectivity index (χ1n) is 11.6. The summed E-state index contributed by atoms with van der Waals surface area (Å²) in [5, 5.41) is 27.0. The number of amides is 2. The van der Waals surface area contributed by atoms with Crippen molar-refractivity contribution in [2.75, 3.05) is 16.4 Å². The van der Waals surface area contributed by atoms with Gasteiger partial charge >= 0.3 is 6.03 Å². The molecule has 0 saturated carbocycles. The second-order valence-corrected chi connectivity index (χ2v) is 8.16. The van der Waals surface area contributed by atoms with E-state index in [1.807, 2.05) is 54.6 Å². The first-order chi connectivity index (χ1) is 18.6. The molecule has 0 atom stereocenters. The minimum Gasteiger partial charge on any atom is -0.489 e. The third-order valence-electron chi connectivity index (χ3n) is 5.64. The molecule has 0 bridgehead atoms. The number of nitrogens with two attached hydrogens (primary N) is 1. The van der Waals surface area contributed by atoms with Gasteiger partial charge in [0, 0.05) is 16.8 Å². The maximum Gasteiger partial charge on any atom is 0.324 e. The van der Waals surface area contributed by atoms with Crippen molar-refractivity contribution in [1.82, 2.24) is 20.0 Å². The van der Waals surface area contributed by atoms with E-state index >= 15 is 0 Å². The molecule has 4 N–H and O–H groups in total. The van der Waals surface area contributed by atoms with Crippen LogP contribution in [0.3, 0.4) is 0 Å². The van der Waals surface area contributed by atoms with E-state index in [-0.39, 0.29) is 12.4 Å². The van der Waals surface area contributed by atoms with Gasteiger partial charge in [0.1, 0.15) is 29.8 Å². The smallest absolute Gasteiger partial charge is 0.324 e. The van der Waals surface area contributed by atoms with Gasteiger partial charge in [-0.2, -0.15) is 10.4 Å². The Bertz CT molecular complexity index is 1590. The van der Waals surface area contributed by atoms with E-state index in [9.17, 15) is 4.79 Å². The number of benzene rings is 3. The summed E-state index contributed by atoms with van der Waals surface area (Å²) in [5.41, 5.74) is 10.0. The van der Waals surface area contributed by atoms with Crippen LogP contribution in [0.4, 0.5) is 22.1 Å². The number of anilines is 3. The van der Waals surface area contributed by atoms with Crippen LogP contribution in [0.2, 0.25) is 0 Å². The molecule has 0 radical (unpaired) electrons. The van der Waals surface area contributed by atoms with Crippen molar-refractivity contribution in [2.45, 2.75) is 6.61 Å². The number of ether oxygens (including phenoxy) is 1. The largest absolute Gasteiger partial charge is 0.489 e. The van der Waals surface area contributed by atoms with Crippen molar-refractivity contribution in [3.05, 3.63) is 108 Å². The highest BCUT2D eigenvalue weighted by Gasteiger charge is 2.11. The molecule has 2 amide bonds. The fourth-order valence-electron chi connectivity index (χ4n) is 3.69. The Hall–Kier alpha value is -5.69. The lowest BCUT2D eigenvalue weighted by atomic mass is 10.1. The lowest BCUT2D eigenvalue weighted by molar-refractivity contribution is 0.262. The molecule has 0 aliphatic heterocycles. The number of carbonyl (C=O) groups is 1. The third kappa shape index (κ3) is 5.42. The number of rotatable bonds is 7. The molecule has 186 valence electrons. The number of nitrogen functional groups attached to an aromatic ring is 1. The van der Waals surface area contributed by atoms with Gasteiger partial charge in [-0.1, -0.05) is 48.5 Å². The van der Waals surface area contributed by atoms with Crippen LogP contribution in [0.1, 0.15) is 11.1 Å². The summed E-state index contributed by atoms with van der Waals surface area (Å²) in [6, 6.07) is 29.2. The molecule has 0 aliphatic carbocycles. The Labute approximate surface area is 218 Å². The Balaban J connectivity index is 1.20. The Kier molecular flexibility index (Phi) is 6.91. The number of para-hydroxylation sites is 1. The summed E-state index contributed by atoms with van der Waals surface area (Å²) in [6.07, 6.45) is 1.42. The van der Waals surface area contributed by atoms with Gasteiger partial charge < -0.3 is 15.8 Å². The number of aromatic nitrogens is 4. The number of hydrogen-bond donors (Lipinski definition) is 3. The van der Waals surface area contributed by atoms with Crippen LogP contribution >= 0.6 is 0 Å². The molecule has 0 spiro atoms. The van der Waals surface area contributed by atoms with Crippen molar-refractivity contribution in [3.63, 3.8) is 0 Å². The molecule has 2 heterocycles. The van der Waals surface area contributed by atoms with Crippen LogP contribution < -0.4 is 21.1 Å². The molecule has 3 aromatic carbocycles. The number of nitriles is 1. The molecule has 0 unspecified atom stereocenters. The summed E-state index contributed by atoms with van der Waals surface area (Å²) < 4.78 is 7.41. The van der Waals surface area contributed by atoms with Gasteiger partial charge in [0.15, 0.2) is 5.82 Å². The van der Waals surface area contributed by atoms with Gasteiger partial charge in [-0.25, -0.2) is 9.48 Å². The lowest BCUT2D eigenvalue weighted by Gasteiger charge is -2.13. The quantitative estimate of drug-likeness (QED) is 0.284. The molecule has 5 aromatic rings. The summed E-state index contributed by atoms with van der Waals surface area (Å²) >= 11 is 0. The Morgan fingerprint density at radius 2 is 1.68 bits per heavy atom. The molecule has 0 aliphatic rings. The molecule has 38 heavy (non-hydrogen) atoms. The van der Waals surface area contributed by atoms with E-state index in [2.05, 4.69) is 25.9 Å². The summed E-state index contributed by atoms with van der Waals surface area (Å²) in [5.74, 6) is 1.22. The number of nitrogens with zero attached hydrogens (tertiary/aromatic N) is 5. The zero-order valence-electron chi connectivity index (χ0n) is 20.1. The number of hydrogen-bond acceptors (Lipinski definition) is 7. The average Bonchev–Trinajstić information content (AvgIpc) is 3.34. The van der Waals surface area contributed by atoms with Gasteiger partial charge in [-0.3, -0.25) is 5.32 Å². The fourth-order valence-corrected chi connectivity index (χ4v) is 3.69. The van der Waals surface area contributed by atoms with Crippen molar-refractivity contribution >= 4 is 23.4 Å². The standard InChI is InChI=1S/C28H22N8O2/c29-16-21-17-31-36(27(21)30)22-10-12-23(13-11-22)38-18-20-8-4-5-9-24(20)32-28(37)33-26-15-14-25(34-35-26)19-6-2-1-3-7-19/h1-15,17H,18,30H2,(H2,32,33,35,37). The van der Waals surface area contributed by atoms with E-state index in [1.165, 1.54) is 10.9 Å². The predicted octanol–water partition coefficient (Wildman–Crippen LogP) is 5.01. The molecule has 0 fully saturated rings. The van der Waals surface area contributed by atoms with E-state index in [1.54, 1.807) is 42.5 Å². The van der Waals surface area contributed by atoms with E-state index in [0.29, 0.717) is 34.2 Å². The maximum absolute atomic E-state index is 12.6. The van der Waals surface area contributed by atoms with Crippen LogP contribution in [0, 0.1) is 11.3 Å². The maximum atomic E-state index is 12.6. The average molecular weight is 503 g/mol. The molecule has 0 saturated heterocycles. The fraction of sp³-hybridized carbons (Fsp3) is 0.0357. The van der Waals surface area contributed by atoms with E-state index < -0.39 is 6.03 Å². The highest BCUT2D eigenvalue weighted by Crippen LogP contribution is 2.22. The lowest BCUT2D eigenvalue weighted by Crippen LogP contribution is -2.21. The zero-order valence-corrected chi connectivity index (χ0v) is 20.1. The summed E-state index contributed by atoms with van der Waals surface area (Å²) in [7, 11) is 0. The second-order valence-electron chi connectivity index (χ2n) is 8.16. The first-order valence-corrected chi connectivity index (χ1v) is 11.6. The van der Waals surface area contributed by atoms with Crippen molar-refractivity contribution in [3.8, 4) is 28.8 Å². The van der Waals surface area contributed by atoms with Crippen molar-refractivity contribution in [2.24, 2.45) is 0 Å². The van der Waals surface area contributed by atoms with Gasteiger partial charge in [-0.15, -0.1) is 10.2 Å². The van der Waals surface area contributed by atoms with Crippen LogP contribution in [-0.2, 0) is 6.61 Å². The molecular formula is C28H22N8O2. The molecule has 10 heteroatoms. The van der Waals surface area contributed by atoms with E-state index in [0.717, 1.165) is 11.1 Å². The third-order valence-corrected chi connectivity index (χ3v) is 5.64. The number of nitrogens with one attached hydrogen (secondary N) is 2. The molecule has 2 aromatic heterocycles. The van der Waals surface area contributed by atoms with Crippen LogP contribution in [-0.4, -0.2) is 26.0 Å². The van der Waals surface area contributed by atoms with Crippen molar-refractivity contribution in [1.29, 1.82) is 5.26 Å². The molecule has 10 nitrogen and oxygen atoms in total. The number of urea groups is 1. The van der Waals surface area contributed by atoms with Gasteiger partial charge in [-0.05, 0) is 42.5 Å². The van der Waals surface area contributed by atoms with Gasteiger partial charge in [0.25, 0.3) is 0 Å². The summed E-state index contributed by atoms with van der Waals surface area (Å²) in [4.78, 5) is 12.6. The topological polar surface area (TPSA) is 144 Å². The SMILES string of the molecule is N#Cc1cnn(-c2ccc(OCc3ccccc3NC(=O)Nc3ccc(-c4ccccc4)nn3)cc2)c1N. The predicted molar refractivity (Wildman–Crippen MR) is 144 cm³/mol. The zero-order chi connectivity index (χ0) is 26.3. The first kappa shape index (κ1) is 24.0. The van der Waals surface area contributed by atoms with Crippen LogP contribution in [0.15, 0.2) is 97.2 Å². The number of carbonyl (C=O) groups excluding carboxylic acids is 1. The van der Waals surface area contributed by atoms with Gasteiger partial charge in [0.2, 0.25) is 0 Å². The van der Waals surface area contributed by atoms with Crippen LogP contribution in [0.5, 0.6) is 5.75 Å². The Morgan fingerprint density at radius 3 is 2.39 bits per heavy atom. The Morgan fingerprint density at radius 1 is 0.921 bits per heavy atom. The normalized spacial score (nSPS) is 10.4. The molecular weight excluding hydrogens is 480 g/mol. The monoisotopic (exact) mass is 502 g/mol. The van der Waals surface area contributed by atoms with Crippen LogP contribution in [0.25, 0.3) is 16.9 Å². The minimum absolute atomic E-state index is 0.226. The molecule has 5 rings (SSSR count). The van der Waals surface area contributed by atoms with Crippen molar-refractivity contribution < 1.29 is 9.53 Å².